The minimum absolute atomic E-state index is 0.114. The van der Waals surface area contributed by atoms with Crippen molar-refractivity contribution in [3.05, 3.63) is 65.1 Å². The summed E-state index contributed by atoms with van der Waals surface area (Å²) in [5.74, 6) is -0.114. The van der Waals surface area contributed by atoms with Crippen molar-refractivity contribution in [1.29, 1.82) is 0 Å². The van der Waals surface area contributed by atoms with Gasteiger partial charge in [-0.25, -0.2) is 9.50 Å². The van der Waals surface area contributed by atoms with Crippen molar-refractivity contribution in [2.24, 2.45) is 7.05 Å². The molecule has 3 aromatic heterocycles. The van der Waals surface area contributed by atoms with E-state index in [1.54, 1.807) is 22.0 Å². The van der Waals surface area contributed by atoms with Crippen molar-refractivity contribution in [1.82, 2.24) is 24.5 Å². The quantitative estimate of drug-likeness (QED) is 0.590. The number of rotatable bonds is 5. The van der Waals surface area contributed by atoms with Crippen LogP contribution in [0.25, 0.3) is 16.2 Å². The number of carbonyl (C=O) groups is 1. The van der Waals surface area contributed by atoms with Gasteiger partial charge in [0.25, 0.3) is 5.91 Å². The number of benzene rings is 1. The van der Waals surface area contributed by atoms with E-state index in [0.717, 1.165) is 33.3 Å². The third-order valence-corrected chi connectivity index (χ3v) is 5.33. The molecule has 0 radical (unpaired) electrons. The highest BCUT2D eigenvalue weighted by atomic mass is 32.1. The number of hydrogen-bond acceptors (Lipinski definition) is 4. The van der Waals surface area contributed by atoms with Gasteiger partial charge in [-0.2, -0.15) is 5.10 Å². The molecule has 3 heterocycles. The standard InChI is InChI=1S/C19H19N5OS/c1-3-16-22-24-15(12-20-18(25)14-10-7-11-23(14)2)17(21-19(24)26-16)13-8-5-4-6-9-13/h4-11H,3,12H2,1-2H3,(H,20,25). The Labute approximate surface area is 155 Å². The molecule has 4 aromatic rings. The zero-order valence-corrected chi connectivity index (χ0v) is 15.5. The third-order valence-electron chi connectivity index (χ3n) is 4.28. The van der Waals surface area contributed by atoms with Crippen LogP contribution in [0.1, 0.15) is 28.1 Å². The molecule has 0 aliphatic carbocycles. The third kappa shape index (κ3) is 2.90. The molecule has 0 unspecified atom stereocenters. The second-order valence-electron chi connectivity index (χ2n) is 6.00. The first-order chi connectivity index (χ1) is 12.7. The SMILES string of the molecule is CCc1nn2c(CNC(=O)c3cccn3C)c(-c3ccccc3)nc2s1. The average molecular weight is 365 g/mol. The van der Waals surface area contributed by atoms with Gasteiger partial charge >= 0.3 is 0 Å². The largest absolute Gasteiger partial charge is 0.347 e. The van der Waals surface area contributed by atoms with Crippen molar-refractivity contribution in [3.63, 3.8) is 0 Å². The van der Waals surface area contributed by atoms with E-state index in [0.29, 0.717) is 12.2 Å². The number of nitrogens with zero attached hydrogens (tertiary/aromatic N) is 4. The van der Waals surface area contributed by atoms with E-state index in [-0.39, 0.29) is 5.91 Å². The summed E-state index contributed by atoms with van der Waals surface area (Å²) in [6, 6.07) is 13.7. The second-order valence-corrected chi connectivity index (χ2v) is 7.04. The summed E-state index contributed by atoms with van der Waals surface area (Å²) in [6.07, 6.45) is 2.72. The van der Waals surface area contributed by atoms with Crippen molar-refractivity contribution >= 4 is 22.2 Å². The lowest BCUT2D eigenvalue weighted by molar-refractivity contribution is 0.0942. The van der Waals surface area contributed by atoms with E-state index < -0.39 is 0 Å². The second kappa shape index (κ2) is 6.76. The summed E-state index contributed by atoms with van der Waals surface area (Å²) in [4.78, 5) is 18.1. The van der Waals surface area contributed by atoms with Crippen LogP contribution < -0.4 is 5.32 Å². The molecule has 0 aliphatic heterocycles. The van der Waals surface area contributed by atoms with Crippen LogP contribution in [0.4, 0.5) is 0 Å². The summed E-state index contributed by atoms with van der Waals surface area (Å²) in [5.41, 5.74) is 3.40. The number of amides is 1. The molecule has 4 rings (SSSR count). The topological polar surface area (TPSA) is 64.2 Å². The van der Waals surface area contributed by atoms with Crippen LogP contribution in [0.2, 0.25) is 0 Å². The van der Waals surface area contributed by atoms with Gasteiger partial charge in [0.05, 0.1) is 17.9 Å². The van der Waals surface area contributed by atoms with Gasteiger partial charge in [0.1, 0.15) is 10.7 Å². The van der Waals surface area contributed by atoms with Gasteiger partial charge in [-0.3, -0.25) is 4.79 Å². The van der Waals surface area contributed by atoms with E-state index in [2.05, 4.69) is 17.3 Å². The number of imidazole rings is 1. The van der Waals surface area contributed by atoms with Crippen LogP contribution in [0, 0.1) is 0 Å². The summed E-state index contributed by atoms with van der Waals surface area (Å²) in [6.45, 7) is 2.44. The van der Waals surface area contributed by atoms with Gasteiger partial charge < -0.3 is 9.88 Å². The Hall–Kier alpha value is -2.93. The smallest absolute Gasteiger partial charge is 0.268 e. The van der Waals surface area contributed by atoms with Gasteiger partial charge in [-0.15, -0.1) is 0 Å². The zero-order valence-electron chi connectivity index (χ0n) is 14.6. The molecule has 0 atom stereocenters. The van der Waals surface area contributed by atoms with Crippen LogP contribution in [0.3, 0.4) is 0 Å². The normalized spacial score (nSPS) is 11.2. The molecule has 7 heteroatoms. The predicted molar refractivity (Wildman–Crippen MR) is 102 cm³/mol. The Bertz CT molecular complexity index is 1060. The monoisotopic (exact) mass is 365 g/mol. The van der Waals surface area contributed by atoms with Crippen molar-refractivity contribution in [2.45, 2.75) is 19.9 Å². The van der Waals surface area contributed by atoms with E-state index in [9.17, 15) is 4.79 Å². The molecule has 0 spiro atoms. The molecular weight excluding hydrogens is 346 g/mol. The number of carbonyl (C=O) groups excluding carboxylic acids is 1. The molecule has 0 aliphatic rings. The van der Waals surface area contributed by atoms with Crippen molar-refractivity contribution < 1.29 is 4.79 Å². The van der Waals surface area contributed by atoms with Crippen LogP contribution in [0.5, 0.6) is 0 Å². The van der Waals surface area contributed by atoms with Crippen molar-refractivity contribution in [3.8, 4) is 11.3 Å². The van der Waals surface area contributed by atoms with E-state index in [4.69, 9.17) is 4.98 Å². The molecule has 6 nitrogen and oxygen atoms in total. The molecule has 0 fully saturated rings. The highest BCUT2D eigenvalue weighted by Crippen LogP contribution is 2.27. The van der Waals surface area contributed by atoms with Gasteiger partial charge in [-0.1, -0.05) is 48.6 Å². The predicted octanol–water partition coefficient (Wildman–Crippen LogP) is 3.29. The highest BCUT2D eigenvalue weighted by molar-refractivity contribution is 7.16. The molecule has 0 saturated carbocycles. The number of aryl methyl sites for hydroxylation is 2. The molecule has 26 heavy (non-hydrogen) atoms. The maximum Gasteiger partial charge on any atom is 0.268 e. The van der Waals surface area contributed by atoms with Crippen LogP contribution >= 0.6 is 11.3 Å². The fraction of sp³-hybridized carbons (Fsp3) is 0.211. The van der Waals surface area contributed by atoms with E-state index in [1.165, 1.54) is 0 Å². The van der Waals surface area contributed by atoms with Crippen LogP contribution in [0.15, 0.2) is 48.7 Å². The molecule has 1 aromatic carbocycles. The molecule has 132 valence electrons. The van der Waals surface area contributed by atoms with Gasteiger partial charge in [0.15, 0.2) is 0 Å². The summed E-state index contributed by atoms with van der Waals surface area (Å²) in [5, 5.41) is 8.68. The summed E-state index contributed by atoms with van der Waals surface area (Å²) >= 11 is 1.59. The summed E-state index contributed by atoms with van der Waals surface area (Å²) < 4.78 is 3.66. The van der Waals surface area contributed by atoms with Crippen LogP contribution in [-0.2, 0) is 20.0 Å². The van der Waals surface area contributed by atoms with Crippen molar-refractivity contribution in [2.75, 3.05) is 0 Å². The Kier molecular flexibility index (Phi) is 4.30. The number of aromatic nitrogens is 4. The van der Waals surface area contributed by atoms with Gasteiger partial charge in [0, 0.05) is 18.8 Å². The molecule has 1 amide bonds. The molecule has 0 saturated heterocycles. The van der Waals surface area contributed by atoms with E-state index >= 15 is 0 Å². The Morgan fingerprint density at radius 1 is 1.19 bits per heavy atom. The zero-order chi connectivity index (χ0) is 18.1. The lowest BCUT2D eigenvalue weighted by Crippen LogP contribution is -2.25. The lowest BCUT2D eigenvalue weighted by Gasteiger charge is -2.07. The lowest BCUT2D eigenvalue weighted by atomic mass is 10.1. The average Bonchev–Trinajstić information content (AvgIpc) is 3.34. The first-order valence-corrected chi connectivity index (χ1v) is 9.31. The van der Waals surface area contributed by atoms with Gasteiger partial charge in [0.2, 0.25) is 4.96 Å². The number of hydrogen-bond donors (Lipinski definition) is 1. The minimum atomic E-state index is -0.114. The maximum atomic E-state index is 12.5. The minimum Gasteiger partial charge on any atom is -0.347 e. The van der Waals surface area contributed by atoms with E-state index in [1.807, 2.05) is 54.2 Å². The Balaban J connectivity index is 1.70. The maximum absolute atomic E-state index is 12.5. The fourth-order valence-electron chi connectivity index (χ4n) is 2.91. The Morgan fingerprint density at radius 3 is 2.69 bits per heavy atom. The number of fused-ring (bicyclic) bond motifs is 1. The van der Waals surface area contributed by atoms with Crippen LogP contribution in [-0.4, -0.2) is 25.1 Å². The fourth-order valence-corrected chi connectivity index (χ4v) is 3.76. The molecular formula is C19H19N5OS. The first kappa shape index (κ1) is 16.5. The molecule has 1 N–H and O–H groups in total. The summed E-state index contributed by atoms with van der Waals surface area (Å²) in [7, 11) is 1.86. The van der Waals surface area contributed by atoms with Gasteiger partial charge in [-0.05, 0) is 18.6 Å². The molecule has 0 bridgehead atoms. The first-order valence-electron chi connectivity index (χ1n) is 8.49. The number of nitrogens with one attached hydrogen (secondary N) is 1. The Morgan fingerprint density at radius 2 is 2.00 bits per heavy atom. The highest BCUT2D eigenvalue weighted by Gasteiger charge is 2.19.